The first kappa shape index (κ1) is 14.3. The number of piperidine rings is 3. The molecule has 0 aliphatic carbocycles. The molecule has 2 N–H and O–H groups in total. The number of nitrogens with zero attached hydrogens (tertiary/aromatic N) is 2. The fraction of sp³-hybridized carbons (Fsp3) is 0.625. The summed E-state index contributed by atoms with van der Waals surface area (Å²) in [6, 6.07) is 2.17. The van der Waals surface area contributed by atoms with Gasteiger partial charge in [-0.05, 0) is 44.3 Å². The lowest BCUT2D eigenvalue weighted by molar-refractivity contribution is 0.0620. The van der Waals surface area contributed by atoms with Crippen LogP contribution < -0.4 is 10.6 Å². The van der Waals surface area contributed by atoms with Gasteiger partial charge in [-0.2, -0.15) is 0 Å². The van der Waals surface area contributed by atoms with E-state index >= 15 is 0 Å². The lowest BCUT2D eigenvalue weighted by Crippen LogP contribution is -2.57. The van der Waals surface area contributed by atoms with Gasteiger partial charge in [0.15, 0.2) is 0 Å². The Morgan fingerprint density at radius 3 is 2.90 bits per heavy atom. The highest BCUT2D eigenvalue weighted by Gasteiger charge is 2.35. The Morgan fingerprint density at radius 1 is 1.43 bits per heavy atom. The molecule has 2 bridgehead atoms. The zero-order chi connectivity index (χ0) is 14.7. The SMILES string of the molecule is CCCNc1ccncc1C(=O)NC1CN2CCC1CC2. The fourth-order valence-electron chi connectivity index (χ4n) is 3.36. The van der Waals surface area contributed by atoms with Gasteiger partial charge in [0.05, 0.1) is 11.3 Å². The highest BCUT2D eigenvalue weighted by atomic mass is 16.1. The predicted octanol–water partition coefficient (Wildman–Crippen LogP) is 1.73. The number of fused-ring (bicyclic) bond motifs is 3. The Kier molecular flexibility index (Phi) is 4.39. The van der Waals surface area contributed by atoms with Crippen LogP contribution in [0.2, 0.25) is 0 Å². The van der Waals surface area contributed by atoms with Crippen LogP contribution in [-0.4, -0.2) is 48.0 Å². The summed E-state index contributed by atoms with van der Waals surface area (Å²) in [4.78, 5) is 19.1. The average molecular weight is 288 g/mol. The molecule has 0 radical (unpaired) electrons. The Morgan fingerprint density at radius 2 is 2.24 bits per heavy atom. The number of aromatic nitrogens is 1. The van der Waals surface area contributed by atoms with Crippen LogP contribution in [0.15, 0.2) is 18.5 Å². The number of amides is 1. The van der Waals surface area contributed by atoms with Crippen molar-refractivity contribution in [2.24, 2.45) is 5.92 Å². The molecule has 1 unspecified atom stereocenters. The maximum Gasteiger partial charge on any atom is 0.255 e. The van der Waals surface area contributed by atoms with Crippen molar-refractivity contribution >= 4 is 11.6 Å². The molecule has 1 aromatic rings. The number of nitrogens with one attached hydrogen (secondary N) is 2. The van der Waals surface area contributed by atoms with Crippen molar-refractivity contribution in [3.8, 4) is 0 Å². The lowest BCUT2D eigenvalue weighted by atomic mass is 9.84. The van der Waals surface area contributed by atoms with Crippen molar-refractivity contribution in [1.29, 1.82) is 0 Å². The van der Waals surface area contributed by atoms with Gasteiger partial charge in [0.2, 0.25) is 0 Å². The van der Waals surface area contributed by atoms with Gasteiger partial charge in [0.1, 0.15) is 0 Å². The van der Waals surface area contributed by atoms with Crippen LogP contribution in [0.5, 0.6) is 0 Å². The van der Waals surface area contributed by atoms with Crippen molar-refractivity contribution in [3.05, 3.63) is 24.0 Å². The van der Waals surface area contributed by atoms with E-state index in [1.54, 1.807) is 12.4 Å². The van der Waals surface area contributed by atoms with Crippen molar-refractivity contribution < 1.29 is 4.79 Å². The summed E-state index contributed by atoms with van der Waals surface area (Å²) >= 11 is 0. The van der Waals surface area contributed by atoms with E-state index in [0.29, 0.717) is 17.5 Å². The molecule has 21 heavy (non-hydrogen) atoms. The summed E-state index contributed by atoms with van der Waals surface area (Å²) in [6.07, 6.45) is 6.83. The quantitative estimate of drug-likeness (QED) is 0.866. The summed E-state index contributed by atoms with van der Waals surface area (Å²) in [6.45, 7) is 6.35. The molecule has 1 amide bonds. The summed E-state index contributed by atoms with van der Waals surface area (Å²) in [5.74, 6) is 0.642. The molecule has 0 spiro atoms. The first-order valence-corrected chi connectivity index (χ1v) is 7.99. The number of hydrogen-bond donors (Lipinski definition) is 2. The summed E-state index contributed by atoms with van der Waals surface area (Å²) in [5, 5.41) is 6.53. The van der Waals surface area contributed by atoms with E-state index in [9.17, 15) is 4.79 Å². The van der Waals surface area contributed by atoms with Gasteiger partial charge in [-0.25, -0.2) is 0 Å². The van der Waals surface area contributed by atoms with Crippen LogP contribution in [0.4, 0.5) is 5.69 Å². The van der Waals surface area contributed by atoms with Gasteiger partial charge in [-0.3, -0.25) is 9.78 Å². The van der Waals surface area contributed by atoms with E-state index < -0.39 is 0 Å². The molecular formula is C16H24N4O. The molecule has 114 valence electrons. The third kappa shape index (κ3) is 3.18. The third-order valence-corrected chi connectivity index (χ3v) is 4.60. The van der Waals surface area contributed by atoms with Gasteiger partial charge in [0, 0.05) is 31.5 Å². The summed E-state index contributed by atoms with van der Waals surface area (Å²) in [5.41, 5.74) is 1.54. The lowest BCUT2D eigenvalue weighted by Gasteiger charge is -2.44. The van der Waals surface area contributed by atoms with E-state index in [1.165, 1.54) is 25.9 Å². The number of carbonyl (C=O) groups is 1. The zero-order valence-electron chi connectivity index (χ0n) is 12.6. The van der Waals surface area contributed by atoms with Crippen LogP contribution in [0.25, 0.3) is 0 Å². The molecule has 1 aromatic heterocycles. The fourth-order valence-corrected chi connectivity index (χ4v) is 3.36. The monoisotopic (exact) mass is 288 g/mol. The van der Waals surface area contributed by atoms with E-state index in [2.05, 4.69) is 27.4 Å². The predicted molar refractivity (Wildman–Crippen MR) is 83.4 cm³/mol. The van der Waals surface area contributed by atoms with E-state index in [4.69, 9.17) is 0 Å². The van der Waals surface area contributed by atoms with Crippen molar-refractivity contribution in [2.75, 3.05) is 31.5 Å². The average Bonchev–Trinajstić information content (AvgIpc) is 2.54. The molecule has 5 nitrogen and oxygen atoms in total. The summed E-state index contributed by atoms with van der Waals surface area (Å²) < 4.78 is 0. The second-order valence-corrected chi connectivity index (χ2v) is 6.07. The van der Waals surface area contributed by atoms with Crippen molar-refractivity contribution in [2.45, 2.75) is 32.2 Å². The normalized spacial score (nSPS) is 27.4. The minimum absolute atomic E-state index is 0.000420. The maximum absolute atomic E-state index is 12.6. The van der Waals surface area contributed by atoms with E-state index in [1.807, 2.05) is 6.07 Å². The second-order valence-electron chi connectivity index (χ2n) is 6.07. The van der Waals surface area contributed by atoms with Crippen LogP contribution in [0, 0.1) is 5.92 Å². The molecule has 3 saturated heterocycles. The molecular weight excluding hydrogens is 264 g/mol. The third-order valence-electron chi connectivity index (χ3n) is 4.60. The van der Waals surface area contributed by atoms with Gasteiger partial charge in [0.25, 0.3) is 5.91 Å². The maximum atomic E-state index is 12.6. The van der Waals surface area contributed by atoms with Gasteiger partial charge in [-0.1, -0.05) is 6.92 Å². The zero-order valence-corrected chi connectivity index (χ0v) is 12.6. The molecule has 1 atom stereocenters. The molecule has 0 aromatic carbocycles. The molecule has 0 saturated carbocycles. The Bertz CT molecular complexity index is 497. The number of rotatable bonds is 5. The van der Waals surface area contributed by atoms with Crippen LogP contribution in [0.3, 0.4) is 0 Å². The molecule has 3 fully saturated rings. The molecule has 5 heteroatoms. The molecule has 4 rings (SSSR count). The highest BCUT2D eigenvalue weighted by Crippen LogP contribution is 2.28. The van der Waals surface area contributed by atoms with Crippen LogP contribution >= 0.6 is 0 Å². The molecule has 4 heterocycles. The second kappa shape index (κ2) is 6.43. The molecule has 3 aliphatic rings. The number of carbonyl (C=O) groups excluding carboxylic acids is 1. The van der Waals surface area contributed by atoms with Crippen molar-refractivity contribution in [3.63, 3.8) is 0 Å². The van der Waals surface area contributed by atoms with Gasteiger partial charge in [-0.15, -0.1) is 0 Å². The first-order chi connectivity index (χ1) is 10.3. The van der Waals surface area contributed by atoms with E-state index in [0.717, 1.165) is 25.2 Å². The largest absolute Gasteiger partial charge is 0.384 e. The topological polar surface area (TPSA) is 57.3 Å². The Labute approximate surface area is 126 Å². The standard InChI is InChI=1S/C16H24N4O/c1-2-6-18-14-3-7-17-10-13(14)16(21)19-15-11-20-8-4-12(15)5-9-20/h3,7,10,12,15H,2,4-6,8-9,11H2,1H3,(H,17,18)(H,19,21). The first-order valence-electron chi connectivity index (χ1n) is 7.99. The van der Waals surface area contributed by atoms with Crippen LogP contribution in [-0.2, 0) is 0 Å². The number of pyridine rings is 1. The highest BCUT2D eigenvalue weighted by molar-refractivity contribution is 5.99. The number of anilines is 1. The Hall–Kier alpha value is -1.62. The minimum Gasteiger partial charge on any atom is -0.384 e. The van der Waals surface area contributed by atoms with Gasteiger partial charge < -0.3 is 15.5 Å². The smallest absolute Gasteiger partial charge is 0.255 e. The summed E-state index contributed by atoms with van der Waals surface area (Å²) in [7, 11) is 0. The number of hydrogen-bond acceptors (Lipinski definition) is 4. The van der Waals surface area contributed by atoms with Gasteiger partial charge >= 0.3 is 0 Å². The van der Waals surface area contributed by atoms with Crippen LogP contribution in [0.1, 0.15) is 36.5 Å². The van der Waals surface area contributed by atoms with Crippen molar-refractivity contribution in [1.82, 2.24) is 15.2 Å². The van der Waals surface area contributed by atoms with E-state index in [-0.39, 0.29) is 5.91 Å². The minimum atomic E-state index is 0.000420. The molecule has 3 aliphatic heterocycles. The Balaban J connectivity index is 1.68.